The second-order valence-corrected chi connectivity index (χ2v) is 14.7. The van der Waals surface area contributed by atoms with E-state index >= 15 is 0 Å². The number of para-hydroxylation sites is 2. The summed E-state index contributed by atoms with van der Waals surface area (Å²) in [5.74, 6) is 1.71. The van der Waals surface area contributed by atoms with Gasteiger partial charge in [0.2, 0.25) is 0 Å². The number of benzene rings is 7. The van der Waals surface area contributed by atoms with Gasteiger partial charge in [0.25, 0.3) is 0 Å². The lowest BCUT2D eigenvalue weighted by Gasteiger charge is -2.24. The number of fused-ring (bicyclic) bond motifs is 12. The lowest BCUT2D eigenvalue weighted by molar-refractivity contribution is 0.656. The number of rotatable bonds is 4. The van der Waals surface area contributed by atoms with Crippen molar-refractivity contribution in [1.82, 2.24) is 19.5 Å². The van der Waals surface area contributed by atoms with Crippen LogP contribution in [0.4, 0.5) is 0 Å². The highest BCUT2D eigenvalue weighted by molar-refractivity contribution is 6.31. The largest absolute Gasteiger partial charge is 0.455 e. The Morgan fingerprint density at radius 1 is 0.582 bits per heavy atom. The van der Waals surface area contributed by atoms with Crippen LogP contribution < -0.4 is 0 Å². The molecule has 0 N–H and O–H groups in total. The van der Waals surface area contributed by atoms with E-state index in [1.54, 1.807) is 12.1 Å². The molecule has 3 aromatic heterocycles. The van der Waals surface area contributed by atoms with Crippen LogP contribution in [0.15, 0.2) is 156 Å². The standard InChI is InChI=1S/C49H31N5O/c1-49(2)37-17-9-6-14-34(37)42-43(49)44-40(41-36-16-8-11-19-39(36)55-45(41)42)35-15-7-10-18-38(35)54(44)33-26-24-32(25-27-33)48-52-46(30-12-4-3-5-13-30)51-47(53-48)31-22-20-29(28-50)21-23-31/h3-27H,1-2H3. The quantitative estimate of drug-likeness (QED) is 0.182. The number of furan rings is 1. The van der Waals surface area contributed by atoms with Crippen molar-refractivity contribution >= 4 is 43.7 Å². The van der Waals surface area contributed by atoms with Gasteiger partial charge in [-0.15, -0.1) is 0 Å². The maximum absolute atomic E-state index is 9.39. The van der Waals surface area contributed by atoms with Gasteiger partial charge >= 0.3 is 0 Å². The molecule has 0 saturated heterocycles. The van der Waals surface area contributed by atoms with Crippen molar-refractivity contribution in [3.8, 4) is 57.0 Å². The molecule has 55 heavy (non-hydrogen) atoms. The first-order valence-electron chi connectivity index (χ1n) is 18.4. The van der Waals surface area contributed by atoms with Crippen molar-refractivity contribution in [3.05, 3.63) is 168 Å². The summed E-state index contributed by atoms with van der Waals surface area (Å²) in [5.41, 5.74) is 13.1. The normalized spacial score (nSPS) is 13.0. The van der Waals surface area contributed by atoms with E-state index in [0.29, 0.717) is 23.0 Å². The average Bonchev–Trinajstić information content (AvgIpc) is 3.87. The van der Waals surface area contributed by atoms with Crippen LogP contribution in [0.25, 0.3) is 94.7 Å². The third-order valence-corrected chi connectivity index (χ3v) is 11.3. The number of nitrogens with zero attached hydrogens (tertiary/aromatic N) is 5. The zero-order chi connectivity index (χ0) is 36.8. The number of aromatic nitrogens is 4. The first-order chi connectivity index (χ1) is 27.0. The molecule has 6 nitrogen and oxygen atoms in total. The summed E-state index contributed by atoms with van der Waals surface area (Å²) in [6, 6.07) is 54.0. The van der Waals surface area contributed by atoms with E-state index in [0.717, 1.165) is 49.8 Å². The lowest BCUT2D eigenvalue weighted by atomic mass is 9.81. The van der Waals surface area contributed by atoms with E-state index in [9.17, 15) is 5.26 Å². The molecule has 0 aliphatic heterocycles. The molecule has 3 heterocycles. The molecule has 0 bridgehead atoms. The fourth-order valence-electron chi connectivity index (χ4n) is 8.75. The van der Waals surface area contributed by atoms with Crippen molar-refractivity contribution in [2.24, 2.45) is 0 Å². The predicted molar refractivity (Wildman–Crippen MR) is 220 cm³/mol. The predicted octanol–water partition coefficient (Wildman–Crippen LogP) is 12.0. The third-order valence-electron chi connectivity index (χ3n) is 11.3. The first-order valence-corrected chi connectivity index (χ1v) is 18.4. The molecule has 6 heteroatoms. The molecule has 0 fully saturated rings. The Hall–Kier alpha value is -7.36. The van der Waals surface area contributed by atoms with E-state index in [1.165, 1.54) is 38.5 Å². The number of hydrogen-bond donors (Lipinski definition) is 0. The topological polar surface area (TPSA) is 80.5 Å². The van der Waals surface area contributed by atoms with Gasteiger partial charge in [-0.1, -0.05) is 105 Å². The molecular weight excluding hydrogens is 675 g/mol. The van der Waals surface area contributed by atoms with Gasteiger partial charge in [-0.2, -0.15) is 5.26 Å². The van der Waals surface area contributed by atoms with E-state index in [4.69, 9.17) is 19.4 Å². The summed E-state index contributed by atoms with van der Waals surface area (Å²) in [6.45, 7) is 4.68. The molecule has 0 unspecified atom stereocenters. The fourth-order valence-corrected chi connectivity index (χ4v) is 8.75. The highest BCUT2D eigenvalue weighted by Crippen LogP contribution is 2.57. The van der Waals surface area contributed by atoms with Crippen LogP contribution in [0.2, 0.25) is 0 Å². The van der Waals surface area contributed by atoms with E-state index in [1.807, 2.05) is 48.5 Å². The summed E-state index contributed by atoms with van der Waals surface area (Å²) in [7, 11) is 0. The maximum atomic E-state index is 9.39. The zero-order valence-corrected chi connectivity index (χ0v) is 30.1. The Bertz CT molecular complexity index is 3220. The van der Waals surface area contributed by atoms with Crippen LogP contribution in [0, 0.1) is 11.3 Å². The molecule has 0 radical (unpaired) electrons. The van der Waals surface area contributed by atoms with Gasteiger partial charge in [-0.3, -0.25) is 0 Å². The van der Waals surface area contributed by atoms with Crippen molar-refractivity contribution in [1.29, 1.82) is 5.26 Å². The summed E-state index contributed by atoms with van der Waals surface area (Å²) >= 11 is 0. The van der Waals surface area contributed by atoms with Gasteiger partial charge in [0, 0.05) is 54.9 Å². The SMILES string of the molecule is CC1(C)c2ccccc2-c2c1c1c(c3ccccc3n1-c1ccc(-c3nc(-c4ccccc4)nc(-c4ccc(C#N)cc4)n3)cc1)c1c2oc2ccccc21. The monoisotopic (exact) mass is 705 g/mol. The molecule has 7 aromatic carbocycles. The van der Waals surface area contributed by atoms with Gasteiger partial charge < -0.3 is 8.98 Å². The summed E-state index contributed by atoms with van der Waals surface area (Å²) in [6.07, 6.45) is 0. The Balaban J connectivity index is 1.16. The number of hydrogen-bond acceptors (Lipinski definition) is 5. The van der Waals surface area contributed by atoms with Crippen LogP contribution in [0.5, 0.6) is 0 Å². The van der Waals surface area contributed by atoms with Crippen molar-refractivity contribution in [2.45, 2.75) is 19.3 Å². The molecule has 258 valence electrons. The van der Waals surface area contributed by atoms with E-state index in [2.05, 4.69) is 115 Å². The molecule has 10 aromatic rings. The zero-order valence-electron chi connectivity index (χ0n) is 30.1. The minimum atomic E-state index is -0.288. The highest BCUT2D eigenvalue weighted by atomic mass is 16.3. The molecule has 0 spiro atoms. The Kier molecular flexibility index (Phi) is 6.56. The first kappa shape index (κ1) is 31.2. The Labute approximate surface area is 316 Å². The second kappa shape index (κ2) is 11.6. The molecule has 0 atom stereocenters. The van der Waals surface area contributed by atoms with Gasteiger partial charge in [-0.25, -0.2) is 15.0 Å². The van der Waals surface area contributed by atoms with E-state index < -0.39 is 0 Å². The molecule has 1 aliphatic carbocycles. The minimum Gasteiger partial charge on any atom is -0.455 e. The molecule has 1 aliphatic rings. The van der Waals surface area contributed by atoms with Crippen molar-refractivity contribution in [3.63, 3.8) is 0 Å². The smallest absolute Gasteiger partial charge is 0.164 e. The third kappa shape index (κ3) is 4.50. The van der Waals surface area contributed by atoms with Crippen LogP contribution in [0.3, 0.4) is 0 Å². The van der Waals surface area contributed by atoms with Crippen molar-refractivity contribution in [2.75, 3.05) is 0 Å². The highest BCUT2D eigenvalue weighted by Gasteiger charge is 2.41. The van der Waals surface area contributed by atoms with E-state index in [-0.39, 0.29) is 5.41 Å². The minimum absolute atomic E-state index is 0.288. The van der Waals surface area contributed by atoms with Crippen LogP contribution in [-0.2, 0) is 5.41 Å². The lowest BCUT2D eigenvalue weighted by Crippen LogP contribution is -2.16. The van der Waals surface area contributed by atoms with Crippen LogP contribution in [0.1, 0.15) is 30.5 Å². The van der Waals surface area contributed by atoms with Gasteiger partial charge in [-0.05, 0) is 77.4 Å². The van der Waals surface area contributed by atoms with Gasteiger partial charge in [0.05, 0.1) is 22.7 Å². The van der Waals surface area contributed by atoms with Crippen molar-refractivity contribution < 1.29 is 4.42 Å². The maximum Gasteiger partial charge on any atom is 0.164 e. The molecule has 11 rings (SSSR count). The summed E-state index contributed by atoms with van der Waals surface area (Å²) in [5, 5.41) is 14.0. The average molecular weight is 706 g/mol. The Morgan fingerprint density at radius 2 is 1.16 bits per heavy atom. The number of nitriles is 1. The fraction of sp³-hybridized carbons (Fsp3) is 0.0612. The van der Waals surface area contributed by atoms with Crippen LogP contribution >= 0.6 is 0 Å². The van der Waals surface area contributed by atoms with Gasteiger partial charge in [0.1, 0.15) is 11.2 Å². The second-order valence-electron chi connectivity index (χ2n) is 14.7. The van der Waals surface area contributed by atoms with Crippen LogP contribution in [-0.4, -0.2) is 19.5 Å². The summed E-state index contributed by atoms with van der Waals surface area (Å²) in [4.78, 5) is 14.8. The summed E-state index contributed by atoms with van der Waals surface area (Å²) < 4.78 is 9.27. The molecule has 0 saturated carbocycles. The van der Waals surface area contributed by atoms with Gasteiger partial charge in [0.15, 0.2) is 17.5 Å². The Morgan fingerprint density at radius 3 is 1.87 bits per heavy atom. The molecular formula is C49H31N5O. The molecule has 0 amide bonds.